The van der Waals surface area contributed by atoms with Crippen molar-refractivity contribution in [2.24, 2.45) is 4.99 Å². The first-order valence-corrected chi connectivity index (χ1v) is 12.2. The molecule has 36 heavy (non-hydrogen) atoms. The highest BCUT2D eigenvalue weighted by Crippen LogP contribution is 2.18. The van der Waals surface area contributed by atoms with Gasteiger partial charge in [-0.25, -0.2) is 0 Å². The fourth-order valence-corrected chi connectivity index (χ4v) is 3.89. The van der Waals surface area contributed by atoms with E-state index in [1.54, 1.807) is 29.8 Å². The van der Waals surface area contributed by atoms with Gasteiger partial charge >= 0.3 is 0 Å². The Kier molecular flexibility index (Phi) is 9.89. The average molecular weight is 506 g/mol. The number of rotatable bonds is 8. The minimum atomic E-state index is 0.0149. The van der Waals surface area contributed by atoms with Gasteiger partial charge < -0.3 is 10.6 Å². The second-order valence-corrected chi connectivity index (χ2v) is 8.67. The van der Waals surface area contributed by atoms with E-state index in [2.05, 4.69) is 45.0 Å². The van der Waals surface area contributed by atoms with Gasteiger partial charge in [-0.2, -0.15) is 0 Å². The third-order valence-electron chi connectivity index (χ3n) is 5.59. The first-order valence-electron chi connectivity index (χ1n) is 11.9. The Labute approximate surface area is 216 Å². The molecule has 7 nitrogen and oxygen atoms in total. The van der Waals surface area contributed by atoms with E-state index in [1.807, 2.05) is 38.2 Å². The molecule has 0 fully saturated rings. The maximum Gasteiger partial charge on any atom is 0.276 e. The quantitative estimate of drug-likeness (QED) is 0.233. The number of aldehydes is 1. The molecule has 3 aromatic rings. The van der Waals surface area contributed by atoms with Crippen molar-refractivity contribution in [1.82, 2.24) is 15.1 Å². The van der Waals surface area contributed by atoms with E-state index in [9.17, 15) is 9.59 Å². The van der Waals surface area contributed by atoms with Gasteiger partial charge in [0.1, 0.15) is 12.1 Å². The number of nitrogens with zero attached hydrogens (tertiary/aromatic N) is 2. The zero-order valence-electron chi connectivity index (χ0n) is 20.8. The molecule has 0 saturated heterocycles. The molecular weight excluding hydrogens is 474 g/mol. The summed E-state index contributed by atoms with van der Waals surface area (Å²) in [5.41, 5.74) is 4.70. The molecule has 188 valence electrons. The molecule has 0 atom stereocenters. The van der Waals surface area contributed by atoms with Crippen LogP contribution in [-0.4, -0.2) is 42.0 Å². The number of aryl methyl sites for hydroxylation is 2. The monoisotopic (exact) mass is 505 g/mol. The normalized spacial score (nSPS) is 13.8. The van der Waals surface area contributed by atoms with Crippen LogP contribution in [0.25, 0.3) is 10.9 Å². The third kappa shape index (κ3) is 7.09. The Morgan fingerprint density at radius 1 is 1.19 bits per heavy atom. The molecule has 1 aliphatic heterocycles. The number of anilines is 1. The smallest absolute Gasteiger partial charge is 0.276 e. The van der Waals surface area contributed by atoms with Crippen LogP contribution in [0.15, 0.2) is 87.2 Å². The zero-order valence-corrected chi connectivity index (χ0v) is 21.6. The number of amidine groups is 1. The number of aliphatic imine (C=N–C) groups is 1. The molecule has 0 spiro atoms. The van der Waals surface area contributed by atoms with Crippen molar-refractivity contribution in [3.63, 3.8) is 0 Å². The summed E-state index contributed by atoms with van der Waals surface area (Å²) in [5, 5.41) is 10.9. The minimum Gasteiger partial charge on any atom is -0.387 e. The highest BCUT2D eigenvalue weighted by molar-refractivity contribution is 6.31. The molecule has 0 radical (unpaired) electrons. The van der Waals surface area contributed by atoms with Gasteiger partial charge in [-0.15, -0.1) is 0 Å². The van der Waals surface area contributed by atoms with E-state index in [4.69, 9.17) is 11.6 Å². The summed E-state index contributed by atoms with van der Waals surface area (Å²) in [6.07, 6.45) is 8.54. The van der Waals surface area contributed by atoms with Gasteiger partial charge in [-0.1, -0.05) is 54.1 Å². The van der Waals surface area contributed by atoms with Crippen LogP contribution in [0.1, 0.15) is 25.0 Å². The maximum absolute atomic E-state index is 12.6. The first kappa shape index (κ1) is 26.8. The van der Waals surface area contributed by atoms with Crippen molar-refractivity contribution < 1.29 is 4.79 Å². The number of aromatic amines is 1. The number of hydrogen-bond acceptors (Lipinski definition) is 5. The van der Waals surface area contributed by atoms with Crippen LogP contribution in [0.3, 0.4) is 0 Å². The van der Waals surface area contributed by atoms with Gasteiger partial charge in [-0.05, 0) is 55.7 Å². The molecule has 2 aromatic carbocycles. The third-order valence-corrected chi connectivity index (χ3v) is 5.84. The molecule has 0 amide bonds. The largest absolute Gasteiger partial charge is 0.387 e. The second-order valence-electron chi connectivity index (χ2n) is 8.23. The first-order chi connectivity index (χ1) is 17.5. The van der Waals surface area contributed by atoms with Gasteiger partial charge in [0.05, 0.1) is 17.4 Å². The van der Waals surface area contributed by atoms with E-state index in [0.717, 1.165) is 48.4 Å². The van der Waals surface area contributed by atoms with Crippen molar-refractivity contribution in [3.05, 3.63) is 98.9 Å². The fraction of sp³-hybridized carbons (Fsp3) is 0.250. The van der Waals surface area contributed by atoms with Crippen LogP contribution in [0.4, 0.5) is 5.69 Å². The number of nitrogens with one attached hydrogen (secondary N) is 3. The van der Waals surface area contributed by atoms with Crippen molar-refractivity contribution in [1.29, 1.82) is 0 Å². The summed E-state index contributed by atoms with van der Waals surface area (Å²) >= 11 is 5.70. The van der Waals surface area contributed by atoms with E-state index in [1.165, 1.54) is 5.56 Å². The Morgan fingerprint density at radius 3 is 2.61 bits per heavy atom. The molecule has 1 aliphatic rings. The van der Waals surface area contributed by atoms with Gasteiger partial charge in [0.25, 0.3) is 5.56 Å². The van der Waals surface area contributed by atoms with Crippen LogP contribution < -0.4 is 16.2 Å². The minimum absolute atomic E-state index is 0.0149. The number of allylic oxidation sites excluding steroid dienone is 6. The molecule has 8 heteroatoms. The highest BCUT2D eigenvalue weighted by Gasteiger charge is 2.11. The molecule has 0 aliphatic carbocycles. The molecule has 0 saturated carbocycles. The van der Waals surface area contributed by atoms with Gasteiger partial charge in [0, 0.05) is 36.4 Å². The highest BCUT2D eigenvalue weighted by atomic mass is 35.5. The Morgan fingerprint density at radius 2 is 1.97 bits per heavy atom. The Hall–Kier alpha value is -3.84. The van der Waals surface area contributed by atoms with E-state index >= 15 is 0 Å². The van der Waals surface area contributed by atoms with Crippen LogP contribution >= 0.6 is 11.6 Å². The molecular formula is C28H32ClN5O2. The molecule has 4 rings (SSSR count). The summed E-state index contributed by atoms with van der Waals surface area (Å²) in [6.45, 7) is 5.98. The summed E-state index contributed by atoms with van der Waals surface area (Å²) in [7, 11) is 1.83. The van der Waals surface area contributed by atoms with Crippen molar-refractivity contribution in [3.8, 4) is 0 Å². The number of halogens is 1. The lowest BCUT2D eigenvalue weighted by Crippen LogP contribution is -2.19. The molecule has 1 aromatic heterocycles. The van der Waals surface area contributed by atoms with E-state index < -0.39 is 0 Å². The number of benzene rings is 2. The topological polar surface area (TPSA) is 91.3 Å². The SMILES string of the molecule is C/C=C/C(Cl)=C\C=C(/C)C=O.CNc1cccc2[nH]n(CCc3ccc(C4=NCCN4)cc3)c(=O)c12. The molecule has 2 heterocycles. The number of fused-ring (bicyclic) bond motifs is 1. The Bertz CT molecular complexity index is 1360. The average Bonchev–Trinajstić information content (AvgIpc) is 3.55. The molecule has 0 unspecified atom stereocenters. The number of aromatic nitrogens is 2. The van der Waals surface area contributed by atoms with Gasteiger partial charge in [0.2, 0.25) is 0 Å². The number of carbonyl (C=O) groups excluding carboxylic acids is 1. The number of carbonyl (C=O) groups is 1. The standard InChI is InChI=1S/C19H21N5O.C9H11ClO/c1-20-15-3-2-4-16-17(15)19(25)24(23-16)12-9-13-5-7-14(8-6-13)18-21-10-11-22-18;1-3-4-9(10)6-5-8(2)7-11/h2-8,20,23H,9-12H2,1H3,(H,21,22);3-7H,1-2H3/b;4-3+,8-5+,9-6+. The van der Waals surface area contributed by atoms with Crippen molar-refractivity contribution in [2.45, 2.75) is 26.8 Å². The molecule has 0 bridgehead atoms. The fourth-order valence-electron chi connectivity index (χ4n) is 3.70. The van der Waals surface area contributed by atoms with Crippen LogP contribution in [0.2, 0.25) is 0 Å². The second kappa shape index (κ2) is 13.3. The summed E-state index contributed by atoms with van der Waals surface area (Å²) in [4.78, 5) is 27.2. The van der Waals surface area contributed by atoms with E-state index in [0.29, 0.717) is 22.5 Å². The number of H-pyrrole nitrogens is 1. The van der Waals surface area contributed by atoms with Crippen LogP contribution in [0.5, 0.6) is 0 Å². The van der Waals surface area contributed by atoms with E-state index in [-0.39, 0.29) is 5.56 Å². The summed E-state index contributed by atoms with van der Waals surface area (Å²) < 4.78 is 1.68. The predicted molar refractivity (Wildman–Crippen MR) is 150 cm³/mol. The van der Waals surface area contributed by atoms with Crippen molar-refractivity contribution in [2.75, 3.05) is 25.5 Å². The van der Waals surface area contributed by atoms with Crippen LogP contribution in [0, 0.1) is 0 Å². The summed E-state index contributed by atoms with van der Waals surface area (Å²) in [5.74, 6) is 0.970. The van der Waals surface area contributed by atoms with Gasteiger partial charge in [-0.3, -0.25) is 24.4 Å². The summed E-state index contributed by atoms with van der Waals surface area (Å²) in [6, 6.07) is 14.2. The van der Waals surface area contributed by atoms with Crippen molar-refractivity contribution >= 4 is 40.3 Å². The lowest BCUT2D eigenvalue weighted by Gasteiger charge is -2.05. The zero-order chi connectivity index (χ0) is 25.9. The van der Waals surface area contributed by atoms with Gasteiger partial charge in [0.15, 0.2) is 0 Å². The lowest BCUT2D eigenvalue weighted by molar-refractivity contribution is -0.104. The maximum atomic E-state index is 12.6. The predicted octanol–water partition coefficient (Wildman–Crippen LogP) is 4.79. The Balaban J connectivity index is 0.000000280. The number of hydrogen-bond donors (Lipinski definition) is 3. The van der Waals surface area contributed by atoms with Crippen LogP contribution in [-0.2, 0) is 17.8 Å². The lowest BCUT2D eigenvalue weighted by atomic mass is 10.1. The molecule has 3 N–H and O–H groups in total.